The molecule has 2 atom stereocenters. The van der Waals surface area contributed by atoms with Crippen LogP contribution in [0, 0.1) is 0 Å². The van der Waals surface area contributed by atoms with Crippen molar-refractivity contribution < 1.29 is 4.74 Å². The topological polar surface area (TPSA) is 21.3 Å². The first-order valence-electron chi connectivity index (χ1n) is 5.55. The zero-order valence-electron chi connectivity index (χ0n) is 10.0. The van der Waals surface area contributed by atoms with Gasteiger partial charge in [-0.2, -0.15) is 11.8 Å². The van der Waals surface area contributed by atoms with Crippen LogP contribution in [0.25, 0.3) is 0 Å². The highest BCUT2D eigenvalue weighted by molar-refractivity contribution is 8.00. The van der Waals surface area contributed by atoms with Gasteiger partial charge in [-0.1, -0.05) is 20.8 Å². The smallest absolute Gasteiger partial charge is 0.0474 e. The average Bonchev–Trinajstić information content (AvgIpc) is 2.17. The Labute approximate surface area is 93.2 Å². The van der Waals surface area contributed by atoms with Gasteiger partial charge in [0, 0.05) is 30.8 Å². The average molecular weight is 219 g/mol. The number of rotatable bonds is 9. The van der Waals surface area contributed by atoms with E-state index in [0.29, 0.717) is 5.25 Å². The minimum atomic E-state index is 0.715. The van der Waals surface area contributed by atoms with Crippen LogP contribution in [0.4, 0.5) is 0 Å². The summed E-state index contributed by atoms with van der Waals surface area (Å²) in [7, 11) is 1.75. The fourth-order valence-electron chi connectivity index (χ4n) is 1.19. The molecule has 0 spiro atoms. The zero-order chi connectivity index (χ0) is 10.8. The second-order valence-electron chi connectivity index (χ2n) is 3.72. The summed E-state index contributed by atoms with van der Waals surface area (Å²) in [6, 6.07) is 0. The second-order valence-corrected chi connectivity index (χ2v) is 5.60. The third-order valence-electron chi connectivity index (χ3n) is 2.17. The molecule has 0 amide bonds. The van der Waals surface area contributed by atoms with Crippen LogP contribution in [-0.2, 0) is 4.74 Å². The molecule has 0 fully saturated rings. The van der Waals surface area contributed by atoms with E-state index < -0.39 is 0 Å². The first kappa shape index (κ1) is 14.3. The molecule has 0 aromatic carbocycles. The lowest BCUT2D eigenvalue weighted by Gasteiger charge is -2.16. The predicted molar refractivity (Wildman–Crippen MR) is 66.2 cm³/mol. The standard InChI is InChI=1S/C11H25NOS/c1-5-10(2)14-11(3)9-12-7-6-8-13-4/h10-12H,5-9H2,1-4H3. The Hall–Kier alpha value is 0.270. The molecule has 3 heteroatoms. The van der Waals surface area contributed by atoms with Gasteiger partial charge in [0.05, 0.1) is 0 Å². The number of nitrogens with one attached hydrogen (secondary N) is 1. The molecule has 0 aliphatic carbocycles. The van der Waals surface area contributed by atoms with Crippen LogP contribution in [0.5, 0.6) is 0 Å². The normalized spacial score (nSPS) is 15.4. The fourth-order valence-corrected chi connectivity index (χ4v) is 2.39. The van der Waals surface area contributed by atoms with E-state index in [2.05, 4.69) is 37.8 Å². The summed E-state index contributed by atoms with van der Waals surface area (Å²) in [5, 5.41) is 4.95. The maximum absolute atomic E-state index is 4.99. The van der Waals surface area contributed by atoms with Crippen molar-refractivity contribution in [1.29, 1.82) is 0 Å². The predicted octanol–water partition coefficient (Wildman–Crippen LogP) is 2.53. The molecule has 0 bridgehead atoms. The van der Waals surface area contributed by atoms with Crippen LogP contribution < -0.4 is 5.32 Å². The highest BCUT2D eigenvalue weighted by Gasteiger charge is 2.06. The van der Waals surface area contributed by atoms with Crippen LogP contribution in [0.2, 0.25) is 0 Å². The Bertz CT molecular complexity index is 122. The van der Waals surface area contributed by atoms with Crippen molar-refractivity contribution in [2.75, 3.05) is 26.8 Å². The van der Waals surface area contributed by atoms with Crippen molar-refractivity contribution in [1.82, 2.24) is 5.32 Å². The number of hydrogen-bond acceptors (Lipinski definition) is 3. The van der Waals surface area contributed by atoms with Gasteiger partial charge in [0.25, 0.3) is 0 Å². The highest BCUT2D eigenvalue weighted by atomic mass is 32.2. The van der Waals surface area contributed by atoms with Crippen molar-refractivity contribution >= 4 is 11.8 Å². The highest BCUT2D eigenvalue weighted by Crippen LogP contribution is 2.18. The van der Waals surface area contributed by atoms with Crippen LogP contribution in [0.3, 0.4) is 0 Å². The summed E-state index contributed by atoms with van der Waals surface area (Å²) in [5.74, 6) is 0. The van der Waals surface area contributed by atoms with Gasteiger partial charge in [0.2, 0.25) is 0 Å². The quantitative estimate of drug-likeness (QED) is 0.602. The molecule has 0 radical (unpaired) electrons. The Kier molecular flexibility index (Phi) is 10.0. The Balaban J connectivity index is 3.22. The van der Waals surface area contributed by atoms with E-state index in [1.54, 1.807) is 7.11 Å². The molecule has 1 N–H and O–H groups in total. The van der Waals surface area contributed by atoms with E-state index in [4.69, 9.17) is 4.74 Å². The Morgan fingerprint density at radius 3 is 2.57 bits per heavy atom. The van der Waals surface area contributed by atoms with E-state index in [9.17, 15) is 0 Å². The number of ether oxygens (including phenoxy) is 1. The number of hydrogen-bond donors (Lipinski definition) is 1. The van der Waals surface area contributed by atoms with E-state index in [1.807, 2.05) is 0 Å². The number of thioether (sulfide) groups is 1. The van der Waals surface area contributed by atoms with Crippen molar-refractivity contribution in [3.05, 3.63) is 0 Å². The molecule has 0 aromatic heterocycles. The zero-order valence-corrected chi connectivity index (χ0v) is 10.8. The molecule has 0 heterocycles. The van der Waals surface area contributed by atoms with Gasteiger partial charge in [-0.25, -0.2) is 0 Å². The van der Waals surface area contributed by atoms with Crippen molar-refractivity contribution in [2.24, 2.45) is 0 Å². The minimum Gasteiger partial charge on any atom is -0.385 e. The van der Waals surface area contributed by atoms with Crippen LogP contribution >= 0.6 is 11.8 Å². The van der Waals surface area contributed by atoms with Crippen LogP contribution in [0.15, 0.2) is 0 Å². The summed E-state index contributed by atoms with van der Waals surface area (Å²) in [6.45, 7) is 9.88. The van der Waals surface area contributed by atoms with Gasteiger partial charge in [-0.3, -0.25) is 0 Å². The molecule has 2 nitrogen and oxygen atoms in total. The SMILES string of the molecule is CCC(C)SC(C)CNCCCOC. The van der Waals surface area contributed by atoms with Gasteiger partial charge >= 0.3 is 0 Å². The van der Waals surface area contributed by atoms with E-state index in [0.717, 1.165) is 31.4 Å². The minimum absolute atomic E-state index is 0.715. The third kappa shape index (κ3) is 8.85. The van der Waals surface area contributed by atoms with Crippen LogP contribution in [-0.4, -0.2) is 37.3 Å². The first-order chi connectivity index (χ1) is 6.70. The monoisotopic (exact) mass is 219 g/mol. The van der Waals surface area contributed by atoms with Gasteiger partial charge in [0.1, 0.15) is 0 Å². The van der Waals surface area contributed by atoms with E-state index in [-0.39, 0.29) is 0 Å². The van der Waals surface area contributed by atoms with Gasteiger partial charge in [-0.05, 0) is 19.4 Å². The maximum Gasteiger partial charge on any atom is 0.0474 e. The second kappa shape index (κ2) is 9.81. The van der Waals surface area contributed by atoms with Gasteiger partial charge in [0.15, 0.2) is 0 Å². The van der Waals surface area contributed by atoms with E-state index >= 15 is 0 Å². The maximum atomic E-state index is 4.99. The molecule has 14 heavy (non-hydrogen) atoms. The fraction of sp³-hybridized carbons (Fsp3) is 1.00. The molecule has 0 rings (SSSR count). The first-order valence-corrected chi connectivity index (χ1v) is 6.50. The van der Waals surface area contributed by atoms with Crippen molar-refractivity contribution in [3.8, 4) is 0 Å². The summed E-state index contributed by atoms with van der Waals surface area (Å²) < 4.78 is 4.99. The molecule has 86 valence electrons. The third-order valence-corrected chi connectivity index (χ3v) is 3.60. The molecule has 0 saturated heterocycles. The molecule has 0 aliphatic heterocycles. The molecule has 0 saturated carbocycles. The summed E-state index contributed by atoms with van der Waals surface area (Å²) in [4.78, 5) is 0. The Morgan fingerprint density at radius 2 is 2.00 bits per heavy atom. The lowest BCUT2D eigenvalue weighted by molar-refractivity contribution is 0.194. The molecular formula is C11H25NOS. The molecule has 2 unspecified atom stereocenters. The lowest BCUT2D eigenvalue weighted by atomic mass is 10.4. The summed E-state index contributed by atoms with van der Waals surface area (Å²) >= 11 is 2.07. The van der Waals surface area contributed by atoms with Crippen molar-refractivity contribution in [2.45, 2.75) is 44.1 Å². The Morgan fingerprint density at radius 1 is 1.29 bits per heavy atom. The molecule has 0 aliphatic rings. The molecular weight excluding hydrogens is 194 g/mol. The van der Waals surface area contributed by atoms with Crippen molar-refractivity contribution in [3.63, 3.8) is 0 Å². The van der Waals surface area contributed by atoms with Gasteiger partial charge in [-0.15, -0.1) is 0 Å². The summed E-state index contributed by atoms with van der Waals surface area (Å²) in [5.41, 5.74) is 0. The van der Waals surface area contributed by atoms with E-state index in [1.165, 1.54) is 6.42 Å². The number of methoxy groups -OCH3 is 1. The molecule has 0 aromatic rings. The summed E-state index contributed by atoms with van der Waals surface area (Å²) in [6.07, 6.45) is 2.37. The lowest BCUT2D eigenvalue weighted by Crippen LogP contribution is -2.25. The largest absolute Gasteiger partial charge is 0.385 e. The van der Waals surface area contributed by atoms with Gasteiger partial charge < -0.3 is 10.1 Å². The van der Waals surface area contributed by atoms with Crippen LogP contribution in [0.1, 0.15) is 33.6 Å².